The number of carboxylic acids is 1. The molecule has 150 valence electrons. The van der Waals surface area contributed by atoms with E-state index in [4.69, 9.17) is 4.74 Å². The summed E-state index contributed by atoms with van der Waals surface area (Å²) in [7, 11) is 1.47. The Labute approximate surface area is 194 Å². The van der Waals surface area contributed by atoms with Crippen LogP contribution in [0.5, 0.6) is 5.75 Å². The number of methoxy groups -OCH3 is 1. The lowest BCUT2D eigenvalue weighted by molar-refractivity contribution is 0.0699. The van der Waals surface area contributed by atoms with Crippen LogP contribution in [0.4, 0.5) is 10.1 Å². The van der Waals surface area contributed by atoms with Crippen molar-refractivity contribution in [3.05, 3.63) is 66.1 Å². The number of carbonyl (C=O) groups is 2. The number of halogens is 4. The van der Waals surface area contributed by atoms with Gasteiger partial charge in [-0.3, -0.25) is 4.79 Å². The fourth-order valence-electron chi connectivity index (χ4n) is 2.59. The van der Waals surface area contributed by atoms with E-state index in [-0.39, 0.29) is 16.8 Å². The summed E-state index contributed by atoms with van der Waals surface area (Å²) in [6.07, 6.45) is 0. The predicted octanol–water partition coefficient (Wildman–Crippen LogP) is 6.80. The molecule has 0 atom stereocenters. The topological polar surface area (TPSA) is 75.6 Å². The second-order valence-electron chi connectivity index (χ2n) is 5.69. The molecule has 1 amide bonds. The van der Waals surface area contributed by atoms with Gasteiger partial charge < -0.3 is 15.2 Å². The van der Waals surface area contributed by atoms with Crippen molar-refractivity contribution in [2.75, 3.05) is 12.4 Å². The summed E-state index contributed by atoms with van der Waals surface area (Å²) in [6.45, 7) is 0. The fourth-order valence-corrected chi connectivity index (χ4v) is 5.39. The molecule has 0 spiro atoms. The van der Waals surface area contributed by atoms with E-state index in [1.54, 1.807) is 11.4 Å². The van der Waals surface area contributed by atoms with E-state index in [0.717, 1.165) is 11.3 Å². The van der Waals surface area contributed by atoms with E-state index in [0.29, 0.717) is 29.6 Å². The zero-order valence-electron chi connectivity index (χ0n) is 14.6. The van der Waals surface area contributed by atoms with E-state index in [9.17, 15) is 19.1 Å². The highest BCUT2D eigenvalue weighted by atomic mass is 79.9. The van der Waals surface area contributed by atoms with E-state index in [1.807, 2.05) is 0 Å². The second-order valence-corrected chi connectivity index (χ2v) is 9.01. The number of anilines is 1. The highest BCUT2D eigenvalue weighted by Gasteiger charge is 2.24. The second kappa shape index (κ2) is 8.95. The average molecular weight is 608 g/mol. The molecule has 0 unspecified atom stereocenters. The molecule has 0 saturated carbocycles. The number of rotatable bonds is 5. The third-order valence-electron chi connectivity index (χ3n) is 3.92. The number of thiophene rings is 1. The number of aromatic carboxylic acids is 1. The number of amides is 1. The van der Waals surface area contributed by atoms with Crippen molar-refractivity contribution in [1.29, 1.82) is 0 Å². The number of benzene rings is 2. The standard InChI is InChI=1S/C19H11Br3FNO4S/c1-28-16-14(21)10(6-11(20)15(16)22)18(25)24-12-7-29-17(13(12)19(26)27)8-2-4-9(23)5-3-8/h2-7H,1H3,(H,24,25)(H,26,27). The number of carbonyl (C=O) groups excluding carboxylic acids is 1. The highest BCUT2D eigenvalue weighted by molar-refractivity contribution is 9.13. The first-order valence-electron chi connectivity index (χ1n) is 7.88. The van der Waals surface area contributed by atoms with Crippen molar-refractivity contribution < 1.29 is 23.8 Å². The molecule has 3 aromatic rings. The van der Waals surface area contributed by atoms with E-state index < -0.39 is 17.7 Å². The predicted molar refractivity (Wildman–Crippen MR) is 121 cm³/mol. The van der Waals surface area contributed by atoms with Crippen LogP contribution in [0.15, 0.2) is 49.1 Å². The van der Waals surface area contributed by atoms with Gasteiger partial charge in [0, 0.05) is 9.85 Å². The van der Waals surface area contributed by atoms with Crippen molar-refractivity contribution in [3.8, 4) is 16.2 Å². The van der Waals surface area contributed by atoms with Crippen LogP contribution in [0.1, 0.15) is 20.7 Å². The summed E-state index contributed by atoms with van der Waals surface area (Å²) in [5, 5.41) is 13.9. The SMILES string of the molecule is COc1c(Br)c(Br)cc(C(=O)Nc2csc(-c3ccc(F)cc3)c2C(=O)O)c1Br. The Morgan fingerprint density at radius 2 is 1.79 bits per heavy atom. The van der Waals surface area contributed by atoms with Gasteiger partial charge in [-0.25, -0.2) is 9.18 Å². The van der Waals surface area contributed by atoms with Gasteiger partial charge in [-0.05, 0) is 71.6 Å². The van der Waals surface area contributed by atoms with Crippen LogP contribution in [0, 0.1) is 5.82 Å². The van der Waals surface area contributed by atoms with Gasteiger partial charge in [0.05, 0.1) is 32.2 Å². The minimum absolute atomic E-state index is 0.0609. The maximum absolute atomic E-state index is 13.2. The summed E-state index contributed by atoms with van der Waals surface area (Å²) in [6, 6.07) is 7.07. The van der Waals surface area contributed by atoms with Gasteiger partial charge in [0.2, 0.25) is 0 Å². The van der Waals surface area contributed by atoms with Crippen LogP contribution < -0.4 is 10.1 Å². The van der Waals surface area contributed by atoms with E-state index >= 15 is 0 Å². The van der Waals surface area contributed by atoms with E-state index in [1.165, 1.54) is 31.4 Å². The molecule has 0 bridgehead atoms. The summed E-state index contributed by atoms with van der Waals surface area (Å²) in [4.78, 5) is 25.1. The number of nitrogens with one attached hydrogen (secondary N) is 1. The van der Waals surface area contributed by atoms with Gasteiger partial charge in [0.1, 0.15) is 17.1 Å². The lowest BCUT2D eigenvalue weighted by atomic mass is 10.1. The van der Waals surface area contributed by atoms with Gasteiger partial charge in [0.15, 0.2) is 0 Å². The summed E-state index contributed by atoms with van der Waals surface area (Å²) < 4.78 is 20.1. The molecule has 29 heavy (non-hydrogen) atoms. The van der Waals surface area contributed by atoms with Crippen molar-refractivity contribution in [3.63, 3.8) is 0 Å². The molecule has 1 aromatic heterocycles. The molecule has 1 heterocycles. The lowest BCUT2D eigenvalue weighted by Crippen LogP contribution is -2.15. The minimum Gasteiger partial charge on any atom is -0.494 e. The zero-order valence-corrected chi connectivity index (χ0v) is 20.1. The first-order chi connectivity index (χ1) is 13.7. The molecule has 0 fully saturated rings. The molecular weight excluding hydrogens is 597 g/mol. The molecule has 10 heteroatoms. The number of hydrogen-bond donors (Lipinski definition) is 2. The monoisotopic (exact) mass is 605 g/mol. The molecule has 0 aliphatic heterocycles. The van der Waals surface area contributed by atoms with Gasteiger partial charge in [-0.2, -0.15) is 0 Å². The third-order valence-corrected chi connectivity index (χ3v) is 7.69. The number of ether oxygens (including phenoxy) is 1. The van der Waals surface area contributed by atoms with Gasteiger partial charge >= 0.3 is 5.97 Å². The van der Waals surface area contributed by atoms with Crippen molar-refractivity contribution >= 4 is 76.7 Å². The minimum atomic E-state index is -1.20. The first-order valence-corrected chi connectivity index (χ1v) is 11.1. The van der Waals surface area contributed by atoms with Gasteiger partial charge in [0.25, 0.3) is 5.91 Å². The number of carboxylic acid groups (broad SMARTS) is 1. The Balaban J connectivity index is 2.01. The van der Waals surface area contributed by atoms with Crippen LogP contribution in [0.25, 0.3) is 10.4 Å². The Bertz CT molecular complexity index is 1120. The van der Waals surface area contributed by atoms with Crippen LogP contribution in [0.2, 0.25) is 0 Å². The Morgan fingerprint density at radius 1 is 1.14 bits per heavy atom. The van der Waals surface area contributed by atoms with Crippen molar-refractivity contribution in [2.45, 2.75) is 0 Å². The Morgan fingerprint density at radius 3 is 2.38 bits per heavy atom. The maximum Gasteiger partial charge on any atom is 0.339 e. The molecule has 5 nitrogen and oxygen atoms in total. The van der Waals surface area contributed by atoms with Crippen molar-refractivity contribution in [1.82, 2.24) is 0 Å². The molecule has 2 aromatic carbocycles. The first kappa shape index (κ1) is 21.9. The molecule has 0 radical (unpaired) electrons. The van der Waals surface area contributed by atoms with Crippen LogP contribution in [-0.2, 0) is 0 Å². The molecule has 2 N–H and O–H groups in total. The van der Waals surface area contributed by atoms with E-state index in [2.05, 4.69) is 53.1 Å². The third kappa shape index (κ3) is 4.40. The Hall–Kier alpha value is -1.75. The highest BCUT2D eigenvalue weighted by Crippen LogP contribution is 2.42. The maximum atomic E-state index is 13.2. The molecule has 0 aliphatic carbocycles. The molecular formula is C19H11Br3FNO4S. The van der Waals surface area contributed by atoms with Crippen LogP contribution in [0.3, 0.4) is 0 Å². The van der Waals surface area contributed by atoms with Gasteiger partial charge in [-0.15, -0.1) is 11.3 Å². The van der Waals surface area contributed by atoms with Crippen LogP contribution in [-0.4, -0.2) is 24.1 Å². The molecule has 0 saturated heterocycles. The number of hydrogen-bond acceptors (Lipinski definition) is 4. The fraction of sp³-hybridized carbons (Fsp3) is 0.0526. The zero-order chi connectivity index (χ0) is 21.3. The smallest absolute Gasteiger partial charge is 0.339 e. The average Bonchev–Trinajstić information content (AvgIpc) is 3.09. The summed E-state index contributed by atoms with van der Waals surface area (Å²) >= 11 is 11.2. The van der Waals surface area contributed by atoms with Crippen molar-refractivity contribution in [2.24, 2.45) is 0 Å². The lowest BCUT2D eigenvalue weighted by Gasteiger charge is -2.13. The molecule has 0 aliphatic rings. The normalized spacial score (nSPS) is 10.7. The van der Waals surface area contributed by atoms with Crippen LogP contribution >= 0.6 is 59.1 Å². The van der Waals surface area contributed by atoms with Gasteiger partial charge in [-0.1, -0.05) is 12.1 Å². The quantitative estimate of drug-likeness (QED) is 0.313. The summed E-state index contributed by atoms with van der Waals surface area (Å²) in [5.41, 5.74) is 0.886. The summed E-state index contributed by atoms with van der Waals surface area (Å²) in [5.74, 6) is -1.72. The Kier molecular flexibility index (Phi) is 6.77. The molecule has 3 rings (SSSR count). The largest absolute Gasteiger partial charge is 0.494 e.